The summed E-state index contributed by atoms with van der Waals surface area (Å²) < 4.78 is 13.0. The lowest BCUT2D eigenvalue weighted by atomic mass is 10.3. The van der Waals surface area contributed by atoms with Crippen molar-refractivity contribution in [3.63, 3.8) is 0 Å². The third-order valence-corrected chi connectivity index (χ3v) is 2.38. The Labute approximate surface area is 71.1 Å². The van der Waals surface area contributed by atoms with Gasteiger partial charge in [-0.15, -0.1) is 0 Å². The van der Waals surface area contributed by atoms with Crippen molar-refractivity contribution in [2.45, 2.75) is 0 Å². The largest absolute Gasteiger partial charge is 0.396 e. The Morgan fingerprint density at radius 1 is 1.50 bits per heavy atom. The average Bonchev–Trinajstić information content (AvgIpc) is 1.93. The Bertz CT molecular complexity index is 237. The lowest BCUT2D eigenvalue weighted by molar-refractivity contribution is 0.626. The van der Waals surface area contributed by atoms with Gasteiger partial charge in [0.25, 0.3) is 0 Å². The van der Waals surface area contributed by atoms with E-state index in [0.29, 0.717) is 5.02 Å². The molecule has 0 saturated carbocycles. The summed E-state index contributed by atoms with van der Waals surface area (Å²) >= 11 is 8.49. The van der Waals surface area contributed by atoms with E-state index < -0.39 is 5.82 Å². The molecule has 0 aliphatic carbocycles. The van der Waals surface area contributed by atoms with Gasteiger partial charge in [0.2, 0.25) is 0 Å². The molecule has 0 heterocycles. The second-order valence-corrected chi connectivity index (χ2v) is 2.96. The minimum Gasteiger partial charge on any atom is -0.396 e. The van der Waals surface area contributed by atoms with Gasteiger partial charge in [-0.2, -0.15) is 0 Å². The highest BCUT2D eigenvalue weighted by Crippen LogP contribution is 2.28. The first-order valence-corrected chi connectivity index (χ1v) is 3.69. The van der Waals surface area contributed by atoms with E-state index in [-0.39, 0.29) is 10.2 Å². The summed E-state index contributed by atoms with van der Waals surface area (Å²) in [6.45, 7) is 0. The van der Waals surface area contributed by atoms with E-state index in [1.807, 2.05) is 0 Å². The Morgan fingerprint density at radius 3 is 2.60 bits per heavy atom. The molecule has 0 amide bonds. The van der Waals surface area contributed by atoms with Crippen LogP contribution in [-0.2, 0) is 0 Å². The molecular formula is C6H4BrClFN. The number of nitrogens with two attached hydrogens (primary N) is 1. The molecule has 4 heteroatoms. The number of rotatable bonds is 0. The maximum Gasteiger partial charge on any atom is 0.161 e. The van der Waals surface area contributed by atoms with Crippen LogP contribution in [0.1, 0.15) is 0 Å². The fourth-order valence-corrected chi connectivity index (χ4v) is 1.05. The predicted octanol–water partition coefficient (Wildman–Crippen LogP) is 2.82. The molecule has 0 aliphatic heterocycles. The Balaban J connectivity index is 3.34. The second-order valence-electron chi connectivity index (χ2n) is 1.76. The summed E-state index contributed by atoms with van der Waals surface area (Å²) in [6.07, 6.45) is 0. The van der Waals surface area contributed by atoms with Crippen molar-refractivity contribution < 1.29 is 4.39 Å². The van der Waals surface area contributed by atoms with E-state index in [0.717, 1.165) is 0 Å². The normalized spacial score (nSPS) is 9.90. The van der Waals surface area contributed by atoms with Gasteiger partial charge in [-0.25, -0.2) is 4.39 Å². The third-order valence-electron chi connectivity index (χ3n) is 1.07. The standard InChI is InChI=1S/C6H4BrClFN/c7-5-3(8)1-2-4(10)6(5)9/h1-2H,10H2. The van der Waals surface area contributed by atoms with E-state index in [2.05, 4.69) is 15.9 Å². The number of hydrogen-bond acceptors (Lipinski definition) is 1. The van der Waals surface area contributed by atoms with Crippen LogP contribution in [0.5, 0.6) is 0 Å². The molecule has 1 rings (SSSR count). The van der Waals surface area contributed by atoms with Crippen molar-refractivity contribution in [3.8, 4) is 0 Å². The van der Waals surface area contributed by atoms with Gasteiger partial charge in [0.1, 0.15) is 0 Å². The van der Waals surface area contributed by atoms with E-state index in [9.17, 15) is 4.39 Å². The van der Waals surface area contributed by atoms with Crippen LogP contribution >= 0.6 is 27.5 Å². The van der Waals surface area contributed by atoms with Gasteiger partial charge >= 0.3 is 0 Å². The van der Waals surface area contributed by atoms with Gasteiger partial charge in [0.15, 0.2) is 5.82 Å². The van der Waals surface area contributed by atoms with Crippen LogP contribution in [0.25, 0.3) is 0 Å². The van der Waals surface area contributed by atoms with Crippen molar-refractivity contribution in [2.75, 3.05) is 5.73 Å². The highest BCUT2D eigenvalue weighted by Gasteiger charge is 2.05. The molecule has 1 nitrogen and oxygen atoms in total. The zero-order chi connectivity index (χ0) is 7.72. The molecule has 0 atom stereocenters. The van der Waals surface area contributed by atoms with Crippen molar-refractivity contribution >= 4 is 33.2 Å². The van der Waals surface area contributed by atoms with Crippen LogP contribution < -0.4 is 5.73 Å². The van der Waals surface area contributed by atoms with Crippen LogP contribution in [0.2, 0.25) is 5.02 Å². The van der Waals surface area contributed by atoms with Crippen LogP contribution in [0.4, 0.5) is 10.1 Å². The minimum atomic E-state index is -0.507. The predicted molar refractivity (Wildman–Crippen MR) is 43.5 cm³/mol. The zero-order valence-corrected chi connectivity index (χ0v) is 7.21. The molecule has 0 fully saturated rings. The summed E-state index contributed by atoms with van der Waals surface area (Å²) in [4.78, 5) is 0. The summed E-state index contributed by atoms with van der Waals surface area (Å²) in [5.41, 5.74) is 5.32. The number of hydrogen-bond donors (Lipinski definition) is 1. The first kappa shape index (κ1) is 7.82. The summed E-state index contributed by atoms with van der Waals surface area (Å²) in [7, 11) is 0. The molecule has 0 aromatic heterocycles. The molecule has 0 unspecified atom stereocenters. The van der Waals surface area contributed by atoms with Crippen LogP contribution in [0.3, 0.4) is 0 Å². The monoisotopic (exact) mass is 223 g/mol. The van der Waals surface area contributed by atoms with Gasteiger partial charge in [-0.3, -0.25) is 0 Å². The molecule has 2 N–H and O–H groups in total. The summed E-state index contributed by atoms with van der Waals surface area (Å²) in [5.74, 6) is -0.507. The van der Waals surface area contributed by atoms with E-state index in [4.69, 9.17) is 17.3 Å². The van der Waals surface area contributed by atoms with Gasteiger partial charge in [-0.05, 0) is 28.1 Å². The van der Waals surface area contributed by atoms with E-state index >= 15 is 0 Å². The molecule has 10 heavy (non-hydrogen) atoms. The lowest BCUT2D eigenvalue weighted by Gasteiger charge is -1.99. The van der Waals surface area contributed by atoms with E-state index in [1.54, 1.807) is 0 Å². The first-order chi connectivity index (χ1) is 4.63. The van der Waals surface area contributed by atoms with Crippen LogP contribution in [0.15, 0.2) is 16.6 Å². The Morgan fingerprint density at radius 2 is 2.10 bits per heavy atom. The van der Waals surface area contributed by atoms with Crippen molar-refractivity contribution in [1.82, 2.24) is 0 Å². The number of halogens is 3. The van der Waals surface area contributed by atoms with Crippen LogP contribution in [-0.4, -0.2) is 0 Å². The first-order valence-electron chi connectivity index (χ1n) is 2.52. The average molecular weight is 224 g/mol. The fourth-order valence-electron chi connectivity index (χ4n) is 0.541. The fraction of sp³-hybridized carbons (Fsp3) is 0. The maximum absolute atomic E-state index is 12.7. The quantitative estimate of drug-likeness (QED) is 0.532. The smallest absolute Gasteiger partial charge is 0.161 e. The van der Waals surface area contributed by atoms with Crippen molar-refractivity contribution in [1.29, 1.82) is 0 Å². The Hall–Kier alpha value is -0.280. The molecule has 0 aliphatic rings. The molecule has 0 bridgehead atoms. The zero-order valence-electron chi connectivity index (χ0n) is 4.87. The van der Waals surface area contributed by atoms with Crippen molar-refractivity contribution in [2.24, 2.45) is 0 Å². The van der Waals surface area contributed by atoms with Gasteiger partial charge in [0.05, 0.1) is 15.2 Å². The number of nitrogen functional groups attached to an aromatic ring is 1. The minimum absolute atomic E-state index is 0.0938. The SMILES string of the molecule is Nc1ccc(Cl)c(Br)c1F. The summed E-state index contributed by atoms with van der Waals surface area (Å²) in [5, 5.41) is 0.326. The topological polar surface area (TPSA) is 26.0 Å². The third kappa shape index (κ3) is 1.25. The molecule has 54 valence electrons. The molecular weight excluding hydrogens is 220 g/mol. The molecule has 1 aromatic carbocycles. The highest BCUT2D eigenvalue weighted by molar-refractivity contribution is 9.10. The van der Waals surface area contributed by atoms with E-state index in [1.165, 1.54) is 12.1 Å². The highest BCUT2D eigenvalue weighted by atomic mass is 79.9. The molecule has 0 saturated heterocycles. The summed E-state index contributed by atoms with van der Waals surface area (Å²) in [6, 6.07) is 2.95. The molecule has 0 spiro atoms. The van der Waals surface area contributed by atoms with Crippen LogP contribution in [0, 0.1) is 5.82 Å². The number of benzene rings is 1. The van der Waals surface area contributed by atoms with Gasteiger partial charge in [-0.1, -0.05) is 11.6 Å². The Kier molecular flexibility index (Phi) is 2.16. The maximum atomic E-state index is 12.7. The lowest BCUT2D eigenvalue weighted by Crippen LogP contribution is -1.90. The van der Waals surface area contributed by atoms with Gasteiger partial charge in [0, 0.05) is 0 Å². The second kappa shape index (κ2) is 2.76. The van der Waals surface area contributed by atoms with Gasteiger partial charge < -0.3 is 5.73 Å². The molecule has 0 radical (unpaired) electrons. The molecule has 1 aromatic rings. The number of anilines is 1. The van der Waals surface area contributed by atoms with Crippen molar-refractivity contribution in [3.05, 3.63) is 27.4 Å².